The fraction of sp³-hybridized carbons (Fsp3) is 0.733. The van der Waals surface area contributed by atoms with Crippen molar-refractivity contribution in [2.45, 2.75) is 52.4 Å². The molecule has 0 aromatic carbocycles. The van der Waals surface area contributed by atoms with E-state index >= 15 is 0 Å². The van der Waals surface area contributed by atoms with Crippen LogP contribution in [0.3, 0.4) is 0 Å². The minimum Gasteiger partial charge on any atom is -0.355 e. The van der Waals surface area contributed by atoms with Crippen molar-refractivity contribution in [1.29, 1.82) is 0 Å². The molecule has 0 bridgehead atoms. The molecule has 2 rings (SSSR count). The molecule has 0 aliphatic heterocycles. The van der Waals surface area contributed by atoms with Gasteiger partial charge in [-0.3, -0.25) is 4.79 Å². The molecule has 0 unspecified atom stereocenters. The summed E-state index contributed by atoms with van der Waals surface area (Å²) in [5.41, 5.74) is 0.979. The Hall–Kier alpha value is -1.32. The van der Waals surface area contributed by atoms with Gasteiger partial charge in [0.05, 0.1) is 6.33 Å². The second kappa shape index (κ2) is 6.22. The lowest BCUT2D eigenvalue weighted by Gasteiger charge is -2.29. The van der Waals surface area contributed by atoms with Crippen LogP contribution < -0.4 is 5.32 Å². The van der Waals surface area contributed by atoms with Crippen LogP contribution in [0, 0.1) is 11.3 Å². The molecular formula is C15H25N3O. The molecule has 4 heteroatoms. The molecule has 1 saturated carbocycles. The topological polar surface area (TPSA) is 57.8 Å². The molecule has 1 aliphatic carbocycles. The maximum absolute atomic E-state index is 12.5. The van der Waals surface area contributed by atoms with E-state index in [2.05, 4.69) is 29.1 Å². The summed E-state index contributed by atoms with van der Waals surface area (Å²) in [4.78, 5) is 19.5. The van der Waals surface area contributed by atoms with Crippen LogP contribution in [0.2, 0.25) is 0 Å². The summed E-state index contributed by atoms with van der Waals surface area (Å²) in [6.07, 6.45) is 9.83. The van der Waals surface area contributed by atoms with Gasteiger partial charge < -0.3 is 10.3 Å². The van der Waals surface area contributed by atoms with E-state index in [1.54, 1.807) is 6.33 Å². The average molecular weight is 263 g/mol. The van der Waals surface area contributed by atoms with Crippen LogP contribution in [0.15, 0.2) is 12.5 Å². The van der Waals surface area contributed by atoms with Gasteiger partial charge in [-0.2, -0.15) is 0 Å². The second-order valence-corrected chi connectivity index (χ2v) is 6.17. The van der Waals surface area contributed by atoms with Gasteiger partial charge >= 0.3 is 0 Å². The van der Waals surface area contributed by atoms with Crippen LogP contribution >= 0.6 is 0 Å². The summed E-state index contributed by atoms with van der Waals surface area (Å²) < 4.78 is 0. The summed E-state index contributed by atoms with van der Waals surface area (Å²) in [6.45, 7) is 5.11. The van der Waals surface area contributed by atoms with Gasteiger partial charge in [0, 0.05) is 30.3 Å². The third kappa shape index (κ3) is 3.58. The van der Waals surface area contributed by atoms with Gasteiger partial charge in [0.2, 0.25) is 5.91 Å². The molecular weight excluding hydrogens is 238 g/mol. The van der Waals surface area contributed by atoms with Crippen molar-refractivity contribution in [2.75, 3.05) is 6.54 Å². The Bertz CT molecular complexity index is 392. The molecule has 19 heavy (non-hydrogen) atoms. The SMILES string of the molecule is CC(C)CC1(C(=O)NCCc2cnc[nH]2)CCCC1. The van der Waals surface area contributed by atoms with Crippen LogP contribution in [-0.4, -0.2) is 22.4 Å². The number of H-pyrrole nitrogens is 1. The predicted molar refractivity (Wildman–Crippen MR) is 75.7 cm³/mol. The van der Waals surface area contributed by atoms with E-state index in [4.69, 9.17) is 0 Å². The van der Waals surface area contributed by atoms with Crippen LogP contribution in [0.5, 0.6) is 0 Å². The van der Waals surface area contributed by atoms with Crippen molar-refractivity contribution >= 4 is 5.91 Å². The number of nitrogens with one attached hydrogen (secondary N) is 2. The van der Waals surface area contributed by atoms with E-state index in [9.17, 15) is 4.79 Å². The monoisotopic (exact) mass is 263 g/mol. The standard InChI is InChI=1S/C15H25N3O/c1-12(2)9-15(6-3-4-7-15)14(19)17-8-5-13-10-16-11-18-13/h10-12H,3-9H2,1-2H3,(H,16,18)(H,17,19). The van der Waals surface area contributed by atoms with Gasteiger partial charge in [-0.15, -0.1) is 0 Å². The van der Waals surface area contributed by atoms with Crippen molar-refractivity contribution in [2.24, 2.45) is 11.3 Å². The quantitative estimate of drug-likeness (QED) is 0.829. The number of rotatable bonds is 6. The highest BCUT2D eigenvalue weighted by molar-refractivity contribution is 5.82. The Morgan fingerprint density at radius 2 is 2.21 bits per heavy atom. The Kier molecular flexibility index (Phi) is 4.61. The molecule has 1 amide bonds. The number of nitrogens with zero attached hydrogens (tertiary/aromatic N) is 1. The number of hydrogen-bond donors (Lipinski definition) is 2. The minimum absolute atomic E-state index is 0.0951. The van der Waals surface area contributed by atoms with Crippen LogP contribution in [-0.2, 0) is 11.2 Å². The zero-order valence-corrected chi connectivity index (χ0v) is 12.0. The Morgan fingerprint density at radius 1 is 1.47 bits per heavy atom. The number of carbonyl (C=O) groups is 1. The number of aromatic amines is 1. The van der Waals surface area contributed by atoms with Crippen molar-refractivity contribution < 1.29 is 4.79 Å². The smallest absolute Gasteiger partial charge is 0.226 e. The molecule has 1 aliphatic rings. The minimum atomic E-state index is -0.0951. The molecule has 1 heterocycles. The van der Waals surface area contributed by atoms with Gasteiger partial charge in [0.15, 0.2) is 0 Å². The van der Waals surface area contributed by atoms with Gasteiger partial charge in [-0.25, -0.2) is 4.98 Å². The number of hydrogen-bond acceptors (Lipinski definition) is 2. The van der Waals surface area contributed by atoms with E-state index in [0.717, 1.165) is 31.4 Å². The second-order valence-electron chi connectivity index (χ2n) is 6.17. The van der Waals surface area contributed by atoms with Crippen molar-refractivity contribution in [3.8, 4) is 0 Å². The maximum atomic E-state index is 12.5. The molecule has 1 aromatic heterocycles. The van der Waals surface area contributed by atoms with Crippen molar-refractivity contribution in [3.05, 3.63) is 18.2 Å². The first kappa shape index (κ1) is 14.1. The van der Waals surface area contributed by atoms with Gasteiger partial charge in [0.25, 0.3) is 0 Å². The number of amides is 1. The van der Waals surface area contributed by atoms with Gasteiger partial charge in [-0.1, -0.05) is 26.7 Å². The summed E-state index contributed by atoms with van der Waals surface area (Å²) >= 11 is 0. The molecule has 0 atom stereocenters. The highest BCUT2D eigenvalue weighted by Crippen LogP contribution is 2.43. The van der Waals surface area contributed by atoms with Crippen molar-refractivity contribution in [1.82, 2.24) is 15.3 Å². The average Bonchev–Trinajstić information content (AvgIpc) is 3.00. The Morgan fingerprint density at radius 3 is 2.79 bits per heavy atom. The third-order valence-electron chi connectivity index (χ3n) is 4.08. The fourth-order valence-corrected chi connectivity index (χ4v) is 3.28. The zero-order chi connectivity index (χ0) is 13.7. The van der Waals surface area contributed by atoms with E-state index in [1.165, 1.54) is 12.8 Å². The van der Waals surface area contributed by atoms with E-state index in [-0.39, 0.29) is 11.3 Å². The zero-order valence-electron chi connectivity index (χ0n) is 12.0. The summed E-state index contributed by atoms with van der Waals surface area (Å²) in [6, 6.07) is 0. The fourth-order valence-electron chi connectivity index (χ4n) is 3.28. The number of imidazole rings is 1. The molecule has 0 saturated heterocycles. The van der Waals surface area contributed by atoms with Crippen LogP contribution in [0.4, 0.5) is 0 Å². The predicted octanol–water partition coefficient (Wildman–Crippen LogP) is 2.67. The molecule has 1 fully saturated rings. The summed E-state index contributed by atoms with van der Waals surface area (Å²) in [5, 5.41) is 3.12. The lowest BCUT2D eigenvalue weighted by Crippen LogP contribution is -2.41. The van der Waals surface area contributed by atoms with E-state index < -0.39 is 0 Å². The number of aromatic nitrogens is 2. The summed E-state index contributed by atoms with van der Waals surface area (Å²) in [5.74, 6) is 0.842. The van der Waals surface area contributed by atoms with Gasteiger partial charge in [0.1, 0.15) is 0 Å². The number of carbonyl (C=O) groups excluding carboxylic acids is 1. The highest BCUT2D eigenvalue weighted by atomic mass is 16.2. The lowest BCUT2D eigenvalue weighted by atomic mass is 9.77. The Balaban J connectivity index is 1.85. The normalized spacial score (nSPS) is 17.8. The molecule has 2 N–H and O–H groups in total. The van der Waals surface area contributed by atoms with Crippen molar-refractivity contribution in [3.63, 3.8) is 0 Å². The maximum Gasteiger partial charge on any atom is 0.226 e. The Labute approximate surface area is 115 Å². The molecule has 0 radical (unpaired) electrons. The van der Waals surface area contributed by atoms with E-state index in [0.29, 0.717) is 12.5 Å². The largest absolute Gasteiger partial charge is 0.355 e. The van der Waals surface area contributed by atoms with Crippen LogP contribution in [0.1, 0.15) is 51.6 Å². The first-order valence-corrected chi connectivity index (χ1v) is 7.38. The molecule has 1 aromatic rings. The molecule has 106 valence electrons. The summed E-state index contributed by atoms with van der Waals surface area (Å²) in [7, 11) is 0. The third-order valence-corrected chi connectivity index (χ3v) is 4.08. The van der Waals surface area contributed by atoms with Gasteiger partial charge in [-0.05, 0) is 25.2 Å². The molecule has 0 spiro atoms. The van der Waals surface area contributed by atoms with E-state index in [1.807, 2.05) is 6.20 Å². The first-order valence-electron chi connectivity index (χ1n) is 7.38. The first-order chi connectivity index (χ1) is 9.12. The highest BCUT2D eigenvalue weighted by Gasteiger charge is 2.40. The molecule has 4 nitrogen and oxygen atoms in total. The lowest BCUT2D eigenvalue weighted by molar-refractivity contribution is -0.131. The van der Waals surface area contributed by atoms with Crippen LogP contribution in [0.25, 0.3) is 0 Å².